The molecular weight excluding hydrogens is 332 g/mol. The minimum atomic E-state index is -0.0737. The first kappa shape index (κ1) is 18.5. The number of carbonyl (C=O) groups excluding carboxylic acids is 2. The summed E-state index contributed by atoms with van der Waals surface area (Å²) in [6, 6.07) is 8.05. The zero-order chi connectivity index (χ0) is 18.4. The van der Waals surface area contributed by atoms with Gasteiger partial charge in [0.25, 0.3) is 0 Å². The lowest BCUT2D eigenvalue weighted by Gasteiger charge is -2.35. The molecule has 0 radical (unpaired) electrons. The van der Waals surface area contributed by atoms with Crippen molar-refractivity contribution in [3.8, 4) is 5.75 Å². The van der Waals surface area contributed by atoms with E-state index in [2.05, 4.69) is 27.2 Å². The van der Waals surface area contributed by atoms with E-state index in [0.29, 0.717) is 6.54 Å². The fourth-order valence-electron chi connectivity index (χ4n) is 3.47. The van der Waals surface area contributed by atoms with Crippen molar-refractivity contribution in [1.29, 1.82) is 0 Å². The highest BCUT2D eigenvalue weighted by Gasteiger charge is 2.21. The average Bonchev–Trinajstić information content (AvgIpc) is 3.22. The molecule has 7 nitrogen and oxygen atoms in total. The van der Waals surface area contributed by atoms with Gasteiger partial charge in [-0.05, 0) is 37.1 Å². The average molecular weight is 360 g/mol. The summed E-state index contributed by atoms with van der Waals surface area (Å²) in [5.74, 6) is 0.808. The number of hydrogen-bond acceptors (Lipinski definition) is 5. The van der Waals surface area contributed by atoms with Gasteiger partial charge >= 0.3 is 0 Å². The second-order valence-corrected chi connectivity index (χ2v) is 6.83. The number of anilines is 1. The molecule has 1 aromatic carbocycles. The highest BCUT2D eigenvalue weighted by Crippen LogP contribution is 2.20. The molecule has 2 saturated heterocycles. The molecule has 2 aliphatic rings. The molecule has 3 rings (SSSR count). The lowest BCUT2D eigenvalue weighted by Crippen LogP contribution is -2.50. The molecule has 0 saturated carbocycles. The van der Waals surface area contributed by atoms with Crippen molar-refractivity contribution in [1.82, 2.24) is 15.1 Å². The van der Waals surface area contributed by atoms with E-state index < -0.39 is 0 Å². The molecule has 0 atom stereocenters. The first-order chi connectivity index (χ1) is 12.7. The Morgan fingerprint density at radius 3 is 2.27 bits per heavy atom. The van der Waals surface area contributed by atoms with E-state index in [1.54, 1.807) is 7.11 Å². The molecule has 2 amide bonds. The van der Waals surface area contributed by atoms with E-state index in [0.717, 1.165) is 57.9 Å². The summed E-state index contributed by atoms with van der Waals surface area (Å²) in [4.78, 5) is 30.3. The first-order valence-corrected chi connectivity index (χ1v) is 9.31. The smallest absolute Gasteiger partial charge is 0.241 e. The minimum Gasteiger partial charge on any atom is -0.497 e. The van der Waals surface area contributed by atoms with Gasteiger partial charge in [0.05, 0.1) is 20.2 Å². The van der Waals surface area contributed by atoms with E-state index in [-0.39, 0.29) is 18.4 Å². The summed E-state index contributed by atoms with van der Waals surface area (Å²) < 4.78 is 5.19. The van der Waals surface area contributed by atoms with Gasteiger partial charge in [-0.2, -0.15) is 0 Å². The number of nitrogens with one attached hydrogen (secondary N) is 1. The summed E-state index contributed by atoms with van der Waals surface area (Å²) in [5.41, 5.74) is 1.17. The third kappa shape index (κ3) is 4.88. The molecule has 0 spiro atoms. The second-order valence-electron chi connectivity index (χ2n) is 6.83. The minimum absolute atomic E-state index is 0.0279. The Labute approximate surface area is 154 Å². The van der Waals surface area contributed by atoms with Crippen LogP contribution in [0.2, 0.25) is 0 Å². The topological polar surface area (TPSA) is 65.1 Å². The Morgan fingerprint density at radius 1 is 1.00 bits per heavy atom. The Kier molecular flexibility index (Phi) is 6.33. The van der Waals surface area contributed by atoms with Crippen LogP contribution in [0.15, 0.2) is 24.3 Å². The van der Waals surface area contributed by atoms with Gasteiger partial charge in [0.1, 0.15) is 5.75 Å². The van der Waals surface area contributed by atoms with Crippen LogP contribution in [0.1, 0.15) is 12.8 Å². The largest absolute Gasteiger partial charge is 0.497 e. The second kappa shape index (κ2) is 8.89. The highest BCUT2D eigenvalue weighted by atomic mass is 16.5. The number of amides is 2. The van der Waals surface area contributed by atoms with Gasteiger partial charge in [0.15, 0.2) is 0 Å². The molecule has 0 aliphatic carbocycles. The maximum atomic E-state index is 12.1. The van der Waals surface area contributed by atoms with Gasteiger partial charge in [-0.1, -0.05) is 0 Å². The number of methoxy groups -OCH3 is 1. The van der Waals surface area contributed by atoms with E-state index in [1.165, 1.54) is 5.69 Å². The number of piperazine rings is 1. The molecule has 2 aliphatic heterocycles. The van der Waals surface area contributed by atoms with Crippen LogP contribution in [0.25, 0.3) is 0 Å². The lowest BCUT2D eigenvalue weighted by atomic mass is 10.2. The monoisotopic (exact) mass is 360 g/mol. The normalized spacial score (nSPS) is 18.0. The molecule has 0 aromatic heterocycles. The number of carbonyl (C=O) groups is 2. The Bertz CT molecular complexity index is 606. The van der Waals surface area contributed by atoms with Crippen molar-refractivity contribution < 1.29 is 14.3 Å². The van der Waals surface area contributed by atoms with Crippen molar-refractivity contribution in [2.75, 3.05) is 64.4 Å². The molecule has 2 fully saturated rings. The number of rotatable bonds is 6. The summed E-state index contributed by atoms with van der Waals surface area (Å²) >= 11 is 0. The van der Waals surface area contributed by atoms with Gasteiger partial charge in [0, 0.05) is 45.0 Å². The Balaban J connectivity index is 1.37. The lowest BCUT2D eigenvalue weighted by molar-refractivity contribution is -0.132. The molecular formula is C19H28N4O3. The summed E-state index contributed by atoms with van der Waals surface area (Å²) in [6.07, 6.45) is 2.14. The standard InChI is InChI=1S/C19H28N4O3/c1-26-17-6-4-16(5-7-17)22-12-10-21(11-13-22)15-18(24)20-14-19(25)23-8-2-3-9-23/h4-7H,2-3,8-15H2,1H3,(H,20,24). The maximum Gasteiger partial charge on any atom is 0.241 e. The fourth-order valence-corrected chi connectivity index (χ4v) is 3.47. The van der Waals surface area contributed by atoms with Crippen LogP contribution in [0, 0.1) is 0 Å². The van der Waals surface area contributed by atoms with E-state index in [9.17, 15) is 9.59 Å². The van der Waals surface area contributed by atoms with Crippen LogP contribution in [-0.2, 0) is 9.59 Å². The van der Waals surface area contributed by atoms with Crippen molar-refractivity contribution in [3.63, 3.8) is 0 Å². The van der Waals surface area contributed by atoms with E-state index in [4.69, 9.17) is 4.74 Å². The predicted octanol–water partition coefficient (Wildman–Crippen LogP) is 0.556. The molecule has 0 unspecified atom stereocenters. The SMILES string of the molecule is COc1ccc(N2CCN(CC(=O)NCC(=O)N3CCCC3)CC2)cc1. The van der Waals surface area contributed by atoms with Crippen molar-refractivity contribution >= 4 is 17.5 Å². The number of nitrogens with zero attached hydrogens (tertiary/aromatic N) is 3. The van der Waals surface area contributed by atoms with Crippen molar-refractivity contribution in [2.45, 2.75) is 12.8 Å². The Hall–Kier alpha value is -2.28. The number of hydrogen-bond donors (Lipinski definition) is 1. The van der Waals surface area contributed by atoms with Crippen molar-refractivity contribution in [2.24, 2.45) is 0 Å². The summed E-state index contributed by atoms with van der Waals surface area (Å²) in [6.45, 7) is 5.54. The van der Waals surface area contributed by atoms with E-state index >= 15 is 0 Å². The highest BCUT2D eigenvalue weighted by molar-refractivity contribution is 5.85. The molecule has 26 heavy (non-hydrogen) atoms. The molecule has 7 heteroatoms. The quantitative estimate of drug-likeness (QED) is 0.803. The fraction of sp³-hybridized carbons (Fsp3) is 0.579. The third-order valence-electron chi connectivity index (χ3n) is 5.07. The number of benzene rings is 1. The Morgan fingerprint density at radius 2 is 1.65 bits per heavy atom. The van der Waals surface area contributed by atoms with Gasteiger partial charge in [-0.15, -0.1) is 0 Å². The third-order valence-corrected chi connectivity index (χ3v) is 5.07. The van der Waals surface area contributed by atoms with Crippen LogP contribution < -0.4 is 15.0 Å². The van der Waals surface area contributed by atoms with Gasteiger partial charge in [-0.25, -0.2) is 0 Å². The van der Waals surface area contributed by atoms with Crippen LogP contribution in [0.3, 0.4) is 0 Å². The first-order valence-electron chi connectivity index (χ1n) is 9.31. The number of likely N-dealkylation sites (tertiary alicyclic amines) is 1. The molecule has 0 bridgehead atoms. The maximum absolute atomic E-state index is 12.1. The number of ether oxygens (including phenoxy) is 1. The zero-order valence-electron chi connectivity index (χ0n) is 15.4. The summed E-state index contributed by atoms with van der Waals surface area (Å²) in [7, 11) is 1.66. The van der Waals surface area contributed by atoms with Gasteiger partial charge in [0.2, 0.25) is 11.8 Å². The van der Waals surface area contributed by atoms with Gasteiger partial charge < -0.3 is 19.9 Å². The van der Waals surface area contributed by atoms with Gasteiger partial charge in [-0.3, -0.25) is 14.5 Å². The molecule has 2 heterocycles. The zero-order valence-corrected chi connectivity index (χ0v) is 15.4. The predicted molar refractivity (Wildman–Crippen MR) is 100 cm³/mol. The van der Waals surface area contributed by atoms with Crippen LogP contribution in [0.4, 0.5) is 5.69 Å². The van der Waals surface area contributed by atoms with Crippen LogP contribution >= 0.6 is 0 Å². The molecule has 1 N–H and O–H groups in total. The van der Waals surface area contributed by atoms with Crippen LogP contribution in [0.5, 0.6) is 5.75 Å². The van der Waals surface area contributed by atoms with E-state index in [1.807, 2.05) is 17.0 Å². The summed E-state index contributed by atoms with van der Waals surface area (Å²) in [5, 5.41) is 2.76. The van der Waals surface area contributed by atoms with Crippen molar-refractivity contribution in [3.05, 3.63) is 24.3 Å². The molecule has 142 valence electrons. The molecule has 1 aromatic rings. The van der Waals surface area contributed by atoms with Crippen LogP contribution in [-0.4, -0.2) is 81.1 Å².